The van der Waals surface area contributed by atoms with Gasteiger partial charge in [0.25, 0.3) is 5.91 Å². The second-order valence-corrected chi connectivity index (χ2v) is 5.28. The minimum absolute atomic E-state index is 0.0645. The summed E-state index contributed by atoms with van der Waals surface area (Å²) >= 11 is 5.90. The summed E-state index contributed by atoms with van der Waals surface area (Å²) in [6.07, 6.45) is 0.199. The number of anilines is 1. The number of aromatic nitrogens is 1. The summed E-state index contributed by atoms with van der Waals surface area (Å²) in [5.41, 5.74) is 2.40. The molecule has 0 aliphatic rings. The van der Waals surface area contributed by atoms with Crippen LogP contribution in [0.15, 0.2) is 12.1 Å². The summed E-state index contributed by atoms with van der Waals surface area (Å²) in [4.78, 5) is 27.4. The number of halogens is 1. The van der Waals surface area contributed by atoms with Crippen LogP contribution in [0.5, 0.6) is 0 Å². The maximum Gasteiger partial charge on any atom is 0.271 e. The van der Waals surface area contributed by atoms with E-state index in [9.17, 15) is 9.59 Å². The Morgan fingerprint density at radius 3 is 2.67 bits per heavy atom. The van der Waals surface area contributed by atoms with Gasteiger partial charge in [0.2, 0.25) is 5.91 Å². The Morgan fingerprint density at radius 1 is 1.33 bits per heavy atom. The number of nitrogens with two attached hydrogens (primary N) is 1. The zero-order valence-electron chi connectivity index (χ0n) is 12.1. The lowest BCUT2D eigenvalue weighted by Gasteiger charge is -2.09. The van der Waals surface area contributed by atoms with Crippen LogP contribution in [0, 0.1) is 5.92 Å². The SMILES string of the molecule is CC(C)CNC(=O)CCNC(=O)c1nc(NN)ccc1Cl. The van der Waals surface area contributed by atoms with E-state index in [0.29, 0.717) is 18.3 Å². The molecule has 1 aromatic heterocycles. The van der Waals surface area contributed by atoms with Gasteiger partial charge in [-0.3, -0.25) is 9.59 Å². The fourth-order valence-corrected chi connectivity index (χ4v) is 1.65. The molecule has 0 radical (unpaired) electrons. The molecule has 0 bridgehead atoms. The number of hydrogen-bond acceptors (Lipinski definition) is 5. The van der Waals surface area contributed by atoms with Gasteiger partial charge in [0, 0.05) is 19.5 Å². The van der Waals surface area contributed by atoms with Gasteiger partial charge in [-0.1, -0.05) is 25.4 Å². The fraction of sp³-hybridized carbons (Fsp3) is 0.462. The average Bonchev–Trinajstić information content (AvgIpc) is 2.45. The molecule has 1 heterocycles. The minimum Gasteiger partial charge on any atom is -0.356 e. The number of carbonyl (C=O) groups is 2. The molecule has 5 N–H and O–H groups in total. The molecule has 0 fully saturated rings. The van der Waals surface area contributed by atoms with Crippen molar-refractivity contribution in [2.24, 2.45) is 11.8 Å². The molecule has 116 valence electrons. The molecule has 0 aliphatic carbocycles. The zero-order valence-corrected chi connectivity index (χ0v) is 12.8. The Bertz CT molecular complexity index is 507. The van der Waals surface area contributed by atoms with E-state index in [0.717, 1.165) is 0 Å². The smallest absolute Gasteiger partial charge is 0.271 e. The highest BCUT2D eigenvalue weighted by molar-refractivity contribution is 6.33. The number of hydrazine groups is 1. The second kappa shape index (κ2) is 8.43. The van der Waals surface area contributed by atoms with Crippen LogP contribution in [0.3, 0.4) is 0 Å². The third-order valence-corrected chi connectivity index (χ3v) is 2.86. The summed E-state index contributed by atoms with van der Waals surface area (Å²) in [5, 5.41) is 5.58. The van der Waals surface area contributed by atoms with Gasteiger partial charge in [-0.25, -0.2) is 10.8 Å². The molecule has 1 rings (SSSR count). The summed E-state index contributed by atoms with van der Waals surface area (Å²) in [5.74, 6) is 5.39. The maximum atomic E-state index is 11.9. The molecule has 8 heteroatoms. The Kier molecular flexibility index (Phi) is 6.90. The quantitative estimate of drug-likeness (QED) is 0.442. The van der Waals surface area contributed by atoms with E-state index in [2.05, 4.69) is 21.0 Å². The van der Waals surface area contributed by atoms with Gasteiger partial charge in [0.1, 0.15) is 11.5 Å². The lowest BCUT2D eigenvalue weighted by Crippen LogP contribution is -2.32. The van der Waals surface area contributed by atoms with E-state index in [4.69, 9.17) is 17.4 Å². The first-order valence-electron chi connectivity index (χ1n) is 6.62. The van der Waals surface area contributed by atoms with Crippen molar-refractivity contribution in [3.8, 4) is 0 Å². The molecule has 0 atom stereocenters. The van der Waals surface area contributed by atoms with Crippen LogP contribution in [0.25, 0.3) is 0 Å². The molecule has 0 aliphatic heterocycles. The number of rotatable bonds is 7. The molecular weight excluding hydrogens is 294 g/mol. The van der Waals surface area contributed by atoms with Crippen molar-refractivity contribution in [2.75, 3.05) is 18.5 Å². The van der Waals surface area contributed by atoms with Crippen molar-refractivity contribution < 1.29 is 9.59 Å². The monoisotopic (exact) mass is 313 g/mol. The Labute approximate surface area is 128 Å². The number of carbonyl (C=O) groups excluding carboxylic acids is 2. The van der Waals surface area contributed by atoms with Crippen molar-refractivity contribution in [3.63, 3.8) is 0 Å². The van der Waals surface area contributed by atoms with Gasteiger partial charge in [0.15, 0.2) is 0 Å². The Morgan fingerprint density at radius 2 is 2.05 bits per heavy atom. The molecule has 0 saturated heterocycles. The molecule has 7 nitrogen and oxygen atoms in total. The van der Waals surface area contributed by atoms with Crippen molar-refractivity contribution in [2.45, 2.75) is 20.3 Å². The van der Waals surface area contributed by atoms with E-state index in [1.165, 1.54) is 6.07 Å². The van der Waals surface area contributed by atoms with Crippen molar-refractivity contribution in [3.05, 3.63) is 22.8 Å². The fourth-order valence-electron chi connectivity index (χ4n) is 1.46. The lowest BCUT2D eigenvalue weighted by atomic mass is 10.2. The van der Waals surface area contributed by atoms with E-state index in [1.807, 2.05) is 13.8 Å². The van der Waals surface area contributed by atoms with Gasteiger partial charge in [0.05, 0.1) is 5.02 Å². The van der Waals surface area contributed by atoms with Crippen LogP contribution in [-0.2, 0) is 4.79 Å². The molecule has 0 spiro atoms. The number of nitrogens with zero attached hydrogens (tertiary/aromatic N) is 1. The first kappa shape index (κ1) is 17.2. The van der Waals surface area contributed by atoms with Gasteiger partial charge < -0.3 is 16.1 Å². The normalized spacial score (nSPS) is 10.3. The molecule has 0 unspecified atom stereocenters. The zero-order chi connectivity index (χ0) is 15.8. The largest absolute Gasteiger partial charge is 0.356 e. The number of nitrogens with one attached hydrogen (secondary N) is 3. The number of pyridine rings is 1. The third kappa shape index (κ3) is 5.97. The van der Waals surface area contributed by atoms with Gasteiger partial charge in [-0.15, -0.1) is 0 Å². The molecule has 21 heavy (non-hydrogen) atoms. The molecular formula is C13H20ClN5O2. The number of nitrogen functional groups attached to an aromatic ring is 1. The first-order chi connectivity index (χ1) is 9.93. The minimum atomic E-state index is -0.450. The number of amides is 2. The number of hydrogen-bond donors (Lipinski definition) is 4. The van der Waals surface area contributed by atoms with Crippen LogP contribution in [-0.4, -0.2) is 29.9 Å². The van der Waals surface area contributed by atoms with Gasteiger partial charge in [-0.2, -0.15) is 0 Å². The predicted octanol–water partition coefficient (Wildman–Crippen LogP) is 0.913. The standard InChI is InChI=1S/C13H20ClN5O2/c1-8(2)7-17-11(20)5-6-16-13(21)12-9(14)3-4-10(18-12)19-15/h3-4,8H,5-7,15H2,1-2H3,(H,16,21)(H,17,20)(H,18,19). The average molecular weight is 314 g/mol. The predicted molar refractivity (Wildman–Crippen MR) is 81.9 cm³/mol. The Hall–Kier alpha value is -1.86. The van der Waals surface area contributed by atoms with E-state index >= 15 is 0 Å². The summed E-state index contributed by atoms with van der Waals surface area (Å²) < 4.78 is 0. The van der Waals surface area contributed by atoms with E-state index in [-0.39, 0.29) is 29.6 Å². The van der Waals surface area contributed by atoms with Gasteiger partial charge >= 0.3 is 0 Å². The molecule has 2 amide bonds. The van der Waals surface area contributed by atoms with Crippen LogP contribution in [0.2, 0.25) is 5.02 Å². The van der Waals surface area contributed by atoms with Crippen molar-refractivity contribution in [1.82, 2.24) is 15.6 Å². The van der Waals surface area contributed by atoms with Crippen molar-refractivity contribution >= 4 is 29.2 Å². The van der Waals surface area contributed by atoms with Gasteiger partial charge in [-0.05, 0) is 18.1 Å². The highest BCUT2D eigenvalue weighted by Crippen LogP contribution is 2.15. The summed E-state index contributed by atoms with van der Waals surface area (Å²) in [7, 11) is 0. The third-order valence-electron chi connectivity index (χ3n) is 2.55. The van der Waals surface area contributed by atoms with Crippen LogP contribution in [0.4, 0.5) is 5.82 Å². The van der Waals surface area contributed by atoms with Crippen LogP contribution in [0.1, 0.15) is 30.8 Å². The van der Waals surface area contributed by atoms with Crippen molar-refractivity contribution in [1.29, 1.82) is 0 Å². The summed E-state index contributed by atoms with van der Waals surface area (Å²) in [6.45, 7) is 4.84. The Balaban J connectivity index is 2.45. The van der Waals surface area contributed by atoms with Crippen LogP contribution < -0.4 is 21.9 Å². The second-order valence-electron chi connectivity index (χ2n) is 4.88. The highest BCUT2D eigenvalue weighted by atomic mass is 35.5. The molecule has 0 aromatic carbocycles. The first-order valence-corrected chi connectivity index (χ1v) is 7.00. The molecule has 0 saturated carbocycles. The maximum absolute atomic E-state index is 11.9. The topological polar surface area (TPSA) is 109 Å². The lowest BCUT2D eigenvalue weighted by molar-refractivity contribution is -0.121. The molecule has 1 aromatic rings. The summed E-state index contributed by atoms with van der Waals surface area (Å²) in [6, 6.07) is 3.08. The van der Waals surface area contributed by atoms with E-state index in [1.54, 1.807) is 6.07 Å². The van der Waals surface area contributed by atoms with E-state index < -0.39 is 5.91 Å². The van der Waals surface area contributed by atoms with Crippen LogP contribution >= 0.6 is 11.6 Å². The highest BCUT2D eigenvalue weighted by Gasteiger charge is 2.13.